The smallest absolute Gasteiger partial charge is 0.316 e. The molecule has 1 N–H and O–H groups in total. The molecule has 1 saturated carbocycles. The summed E-state index contributed by atoms with van der Waals surface area (Å²) >= 11 is 4.76. The largest absolute Gasteiger partial charge is 0.455 e. The van der Waals surface area contributed by atoms with Crippen LogP contribution in [0.25, 0.3) is 0 Å². The van der Waals surface area contributed by atoms with Gasteiger partial charge in [0.05, 0.1) is 5.75 Å². The number of carbonyl (C=O) groups excluding carboxylic acids is 2. The average Bonchev–Trinajstić information content (AvgIpc) is 2.54. The number of rotatable bonds is 6. The number of halogens is 1. The Balaban J connectivity index is 1.65. The highest BCUT2D eigenvalue weighted by molar-refractivity contribution is 9.10. The van der Waals surface area contributed by atoms with Gasteiger partial charge in [0, 0.05) is 15.4 Å². The first-order chi connectivity index (χ1) is 11.0. The zero-order valence-electron chi connectivity index (χ0n) is 13.2. The fourth-order valence-corrected chi connectivity index (χ4v) is 3.60. The second-order valence-corrected chi connectivity index (χ2v) is 7.80. The van der Waals surface area contributed by atoms with Crippen molar-refractivity contribution in [3.8, 4) is 0 Å². The minimum Gasteiger partial charge on any atom is -0.455 e. The van der Waals surface area contributed by atoms with Crippen LogP contribution in [0.4, 0.5) is 0 Å². The first-order valence-corrected chi connectivity index (χ1v) is 9.66. The van der Waals surface area contributed by atoms with Gasteiger partial charge in [-0.3, -0.25) is 9.59 Å². The van der Waals surface area contributed by atoms with Crippen molar-refractivity contribution in [3.63, 3.8) is 0 Å². The third-order valence-electron chi connectivity index (χ3n) is 3.99. The van der Waals surface area contributed by atoms with Crippen molar-refractivity contribution in [3.05, 3.63) is 28.7 Å². The number of esters is 1. The number of thioether (sulfide) groups is 1. The molecule has 2 rings (SSSR count). The predicted molar refractivity (Wildman–Crippen MR) is 95.4 cm³/mol. The summed E-state index contributed by atoms with van der Waals surface area (Å²) < 4.78 is 6.04. The van der Waals surface area contributed by atoms with Crippen LogP contribution < -0.4 is 5.32 Å². The number of hydrogen-bond donors (Lipinski definition) is 1. The van der Waals surface area contributed by atoms with Crippen molar-refractivity contribution >= 4 is 39.6 Å². The fourth-order valence-electron chi connectivity index (χ4n) is 2.64. The lowest BCUT2D eigenvalue weighted by Gasteiger charge is -2.29. The Kier molecular flexibility index (Phi) is 7.43. The van der Waals surface area contributed by atoms with Gasteiger partial charge in [-0.15, -0.1) is 11.8 Å². The molecule has 0 saturated heterocycles. The van der Waals surface area contributed by atoms with Gasteiger partial charge < -0.3 is 10.1 Å². The lowest BCUT2D eigenvalue weighted by atomic mass is 9.86. The van der Waals surface area contributed by atoms with Crippen LogP contribution in [0.2, 0.25) is 0 Å². The summed E-state index contributed by atoms with van der Waals surface area (Å²) in [6.45, 7) is 1.97. The van der Waals surface area contributed by atoms with E-state index in [1.54, 1.807) is 0 Å². The van der Waals surface area contributed by atoms with E-state index in [9.17, 15) is 9.59 Å². The quantitative estimate of drug-likeness (QED) is 0.583. The maximum absolute atomic E-state index is 11.9. The molecular formula is C17H22BrNO3S. The normalized spacial score (nSPS) is 20.8. The van der Waals surface area contributed by atoms with Crippen molar-refractivity contribution < 1.29 is 14.3 Å². The zero-order valence-corrected chi connectivity index (χ0v) is 15.6. The lowest BCUT2D eigenvalue weighted by molar-refractivity contribution is -0.146. The SMILES string of the molecule is C[C@@H]1CCCC[C@@H]1NC(=O)COC(=O)CSc1ccc(Br)cc1. The maximum atomic E-state index is 11.9. The summed E-state index contributed by atoms with van der Waals surface area (Å²) in [5, 5.41) is 2.98. The zero-order chi connectivity index (χ0) is 16.7. The van der Waals surface area contributed by atoms with Crippen LogP contribution in [-0.4, -0.2) is 30.3 Å². The number of carbonyl (C=O) groups is 2. The number of hydrogen-bond acceptors (Lipinski definition) is 4. The van der Waals surface area contributed by atoms with Crippen molar-refractivity contribution in [1.82, 2.24) is 5.32 Å². The van der Waals surface area contributed by atoms with Gasteiger partial charge in [0.1, 0.15) is 0 Å². The topological polar surface area (TPSA) is 55.4 Å². The molecule has 1 amide bonds. The number of benzene rings is 1. The summed E-state index contributed by atoms with van der Waals surface area (Å²) in [4.78, 5) is 24.6. The summed E-state index contributed by atoms with van der Waals surface area (Å²) in [6, 6.07) is 7.92. The minimum atomic E-state index is -0.371. The summed E-state index contributed by atoms with van der Waals surface area (Å²) in [7, 11) is 0. The highest BCUT2D eigenvalue weighted by Crippen LogP contribution is 2.23. The molecular weight excluding hydrogens is 378 g/mol. The summed E-state index contributed by atoms with van der Waals surface area (Å²) in [6.07, 6.45) is 4.55. The molecule has 0 aliphatic heterocycles. The molecule has 0 aromatic heterocycles. The lowest BCUT2D eigenvalue weighted by Crippen LogP contribution is -2.43. The third kappa shape index (κ3) is 6.55. The molecule has 4 nitrogen and oxygen atoms in total. The van der Waals surface area contributed by atoms with Gasteiger partial charge in [0.25, 0.3) is 5.91 Å². The monoisotopic (exact) mass is 399 g/mol. The Morgan fingerprint density at radius 2 is 1.96 bits per heavy atom. The molecule has 6 heteroatoms. The Labute approximate surface area is 149 Å². The van der Waals surface area contributed by atoms with Gasteiger partial charge in [-0.25, -0.2) is 0 Å². The van der Waals surface area contributed by atoms with Crippen LogP contribution in [-0.2, 0) is 14.3 Å². The molecule has 1 aromatic rings. The number of amides is 1. The van der Waals surface area contributed by atoms with Gasteiger partial charge in [-0.1, -0.05) is 35.7 Å². The number of nitrogens with one attached hydrogen (secondary N) is 1. The molecule has 126 valence electrons. The van der Waals surface area contributed by atoms with Crippen molar-refractivity contribution in [2.24, 2.45) is 5.92 Å². The van der Waals surface area contributed by atoms with Gasteiger partial charge in [0.2, 0.25) is 0 Å². The minimum absolute atomic E-state index is 0.192. The first kappa shape index (κ1) is 18.3. The van der Waals surface area contributed by atoms with Crippen molar-refractivity contribution in [2.75, 3.05) is 12.4 Å². The molecule has 0 bridgehead atoms. The second-order valence-electron chi connectivity index (χ2n) is 5.84. The van der Waals surface area contributed by atoms with E-state index in [1.165, 1.54) is 18.2 Å². The van der Waals surface area contributed by atoms with E-state index in [0.717, 1.165) is 28.6 Å². The molecule has 0 unspecified atom stereocenters. The first-order valence-electron chi connectivity index (χ1n) is 7.88. The molecule has 0 heterocycles. The van der Waals surface area contributed by atoms with E-state index in [-0.39, 0.29) is 30.3 Å². The molecule has 0 radical (unpaired) electrons. The number of ether oxygens (including phenoxy) is 1. The Hall–Kier alpha value is -1.01. The van der Waals surface area contributed by atoms with Crippen LogP contribution >= 0.6 is 27.7 Å². The fraction of sp³-hybridized carbons (Fsp3) is 0.529. The van der Waals surface area contributed by atoms with Crippen LogP contribution in [0.3, 0.4) is 0 Å². The molecule has 1 fully saturated rings. The molecule has 23 heavy (non-hydrogen) atoms. The van der Waals surface area contributed by atoms with E-state index in [2.05, 4.69) is 28.2 Å². The van der Waals surface area contributed by atoms with E-state index >= 15 is 0 Å². The van der Waals surface area contributed by atoms with Gasteiger partial charge in [0.15, 0.2) is 6.61 Å². The molecule has 1 aliphatic rings. The summed E-state index contributed by atoms with van der Waals surface area (Å²) in [5.74, 6) is 0.126. The predicted octanol–water partition coefficient (Wildman–Crippen LogP) is 3.78. The van der Waals surface area contributed by atoms with Gasteiger partial charge >= 0.3 is 5.97 Å². The second kappa shape index (κ2) is 9.33. The maximum Gasteiger partial charge on any atom is 0.316 e. The Morgan fingerprint density at radius 1 is 1.26 bits per heavy atom. The Bertz CT molecular complexity index is 535. The van der Waals surface area contributed by atoms with Gasteiger partial charge in [-0.2, -0.15) is 0 Å². The van der Waals surface area contributed by atoms with Crippen LogP contribution in [0.15, 0.2) is 33.6 Å². The standard InChI is InChI=1S/C17H22BrNO3S/c1-12-4-2-3-5-15(12)19-16(20)10-22-17(21)11-23-14-8-6-13(18)7-9-14/h6-9,12,15H,2-5,10-11H2,1H3,(H,19,20)/t12-,15+/m1/s1. The van der Waals surface area contributed by atoms with E-state index in [1.807, 2.05) is 24.3 Å². The molecule has 0 spiro atoms. The van der Waals surface area contributed by atoms with E-state index in [4.69, 9.17) is 4.74 Å². The molecule has 1 aromatic carbocycles. The van der Waals surface area contributed by atoms with Crippen LogP contribution in [0.5, 0.6) is 0 Å². The third-order valence-corrected chi connectivity index (χ3v) is 5.51. The highest BCUT2D eigenvalue weighted by atomic mass is 79.9. The van der Waals surface area contributed by atoms with Crippen LogP contribution in [0, 0.1) is 5.92 Å². The molecule has 1 aliphatic carbocycles. The van der Waals surface area contributed by atoms with E-state index in [0.29, 0.717) is 5.92 Å². The van der Waals surface area contributed by atoms with Gasteiger partial charge in [-0.05, 0) is 43.0 Å². The Morgan fingerprint density at radius 3 is 2.65 bits per heavy atom. The summed E-state index contributed by atoms with van der Waals surface area (Å²) in [5.41, 5.74) is 0. The average molecular weight is 400 g/mol. The highest BCUT2D eigenvalue weighted by Gasteiger charge is 2.23. The van der Waals surface area contributed by atoms with E-state index < -0.39 is 0 Å². The van der Waals surface area contributed by atoms with Crippen molar-refractivity contribution in [1.29, 1.82) is 0 Å². The van der Waals surface area contributed by atoms with Crippen molar-refractivity contribution in [2.45, 2.75) is 43.5 Å². The van der Waals surface area contributed by atoms with Crippen LogP contribution in [0.1, 0.15) is 32.6 Å². The molecule has 2 atom stereocenters.